The monoisotopic (exact) mass is 555 g/mol. The van der Waals surface area contributed by atoms with Gasteiger partial charge in [0.05, 0.1) is 6.42 Å². The van der Waals surface area contributed by atoms with Crippen LogP contribution in [-0.4, -0.2) is 44.3 Å². The Morgan fingerprint density at radius 1 is 1.15 bits per heavy atom. The Kier molecular flexibility index (Phi) is 28.7. The van der Waals surface area contributed by atoms with Gasteiger partial charge in [0.15, 0.2) is 0 Å². The summed E-state index contributed by atoms with van der Waals surface area (Å²) in [6.07, 6.45) is 6.29. The zero-order valence-electron chi connectivity index (χ0n) is 26.1. The summed E-state index contributed by atoms with van der Waals surface area (Å²) in [7, 11) is 1.60. The van der Waals surface area contributed by atoms with Gasteiger partial charge in [0.2, 0.25) is 5.91 Å². The third-order valence-electron chi connectivity index (χ3n) is 4.95. The van der Waals surface area contributed by atoms with Gasteiger partial charge < -0.3 is 16.0 Å². The Morgan fingerprint density at radius 2 is 1.72 bits per heavy atom. The second-order valence-electron chi connectivity index (χ2n) is 9.34. The molecule has 0 aromatic heterocycles. The Hall–Kier alpha value is -2.38. The molecule has 1 aromatic rings. The summed E-state index contributed by atoms with van der Waals surface area (Å²) < 4.78 is 34.8. The van der Waals surface area contributed by atoms with Crippen LogP contribution < -0.4 is 16.0 Å². The standard InChI is InChI=1S/C10H12.C9H20N2.C8H11F3.C3H7NO.C2H6/c1-2-3-7-10-8-5-4-6-9-10;1-7(2)5-11-9-4-8(3)10-6-9;1-3-4-7(2)5-6-8(9,10)11;1-3(5)4-2;1-2/h3-9H,2H2,1H3;7-11H,4-6H2,1-3H3;3-5H,6H2,1-2H3;1-2H3,(H,4,5);1-2H3/b7-3-;;4-3-,7-5-;;. The van der Waals surface area contributed by atoms with Crippen LogP contribution in [-0.2, 0) is 4.79 Å². The fourth-order valence-corrected chi connectivity index (χ4v) is 2.92. The van der Waals surface area contributed by atoms with Crippen LogP contribution in [0.4, 0.5) is 13.2 Å². The van der Waals surface area contributed by atoms with E-state index in [2.05, 4.69) is 80.1 Å². The van der Waals surface area contributed by atoms with Gasteiger partial charge in [0.25, 0.3) is 0 Å². The van der Waals surface area contributed by atoms with Crippen molar-refractivity contribution in [1.29, 1.82) is 0 Å². The lowest BCUT2D eigenvalue weighted by Crippen LogP contribution is -2.33. The van der Waals surface area contributed by atoms with Crippen molar-refractivity contribution in [1.82, 2.24) is 16.0 Å². The highest BCUT2D eigenvalue weighted by molar-refractivity contribution is 5.72. The first-order chi connectivity index (χ1) is 18.3. The topological polar surface area (TPSA) is 53.2 Å². The van der Waals surface area contributed by atoms with Crippen LogP contribution in [0.2, 0.25) is 0 Å². The normalized spacial score (nSPS) is 16.7. The molecule has 2 unspecified atom stereocenters. The van der Waals surface area contributed by atoms with E-state index in [1.54, 1.807) is 33.0 Å². The van der Waals surface area contributed by atoms with E-state index in [9.17, 15) is 18.0 Å². The van der Waals surface area contributed by atoms with E-state index >= 15 is 0 Å². The molecule has 2 atom stereocenters. The second kappa shape index (κ2) is 27.2. The van der Waals surface area contributed by atoms with Crippen molar-refractivity contribution >= 4 is 12.0 Å². The summed E-state index contributed by atoms with van der Waals surface area (Å²) in [5.41, 5.74) is 1.93. The van der Waals surface area contributed by atoms with Crippen molar-refractivity contribution in [3.05, 3.63) is 65.8 Å². The molecule has 1 heterocycles. The molecule has 0 spiro atoms. The Balaban J connectivity index is -0.000000446. The molecule has 0 bridgehead atoms. The Labute approximate surface area is 237 Å². The van der Waals surface area contributed by atoms with Crippen molar-refractivity contribution in [2.45, 2.75) is 99.8 Å². The van der Waals surface area contributed by atoms with Crippen molar-refractivity contribution in [3.63, 3.8) is 0 Å². The van der Waals surface area contributed by atoms with Crippen LogP contribution in [0, 0.1) is 5.92 Å². The van der Waals surface area contributed by atoms with Crippen LogP contribution >= 0.6 is 0 Å². The molecule has 226 valence electrons. The zero-order valence-corrected chi connectivity index (χ0v) is 26.1. The number of hydrogen-bond donors (Lipinski definition) is 3. The second-order valence-corrected chi connectivity index (χ2v) is 9.34. The molecule has 39 heavy (non-hydrogen) atoms. The van der Waals surface area contributed by atoms with E-state index in [0.717, 1.165) is 25.4 Å². The molecule has 0 saturated carbocycles. The number of hydrogen-bond acceptors (Lipinski definition) is 3. The summed E-state index contributed by atoms with van der Waals surface area (Å²) in [5.74, 6) is 0.774. The smallest absolute Gasteiger partial charge is 0.359 e. The van der Waals surface area contributed by atoms with Gasteiger partial charge in [-0.05, 0) is 51.6 Å². The molecule has 2 rings (SSSR count). The van der Waals surface area contributed by atoms with Crippen molar-refractivity contribution < 1.29 is 18.0 Å². The number of allylic oxidation sites excluding steroid dienone is 5. The summed E-state index contributed by atoms with van der Waals surface area (Å²) >= 11 is 0. The summed E-state index contributed by atoms with van der Waals surface area (Å²) in [6, 6.07) is 11.8. The number of benzene rings is 1. The van der Waals surface area contributed by atoms with Gasteiger partial charge >= 0.3 is 6.18 Å². The third-order valence-corrected chi connectivity index (χ3v) is 4.95. The molecule has 4 nitrogen and oxygen atoms in total. The maximum absolute atomic E-state index is 11.6. The van der Waals surface area contributed by atoms with Crippen LogP contribution in [0.15, 0.2) is 60.2 Å². The molecule has 0 radical (unpaired) electrons. The van der Waals surface area contributed by atoms with Crippen LogP contribution in [0.25, 0.3) is 6.08 Å². The molecule has 7 heteroatoms. The van der Waals surface area contributed by atoms with E-state index in [-0.39, 0.29) is 5.91 Å². The minimum Gasteiger partial charge on any atom is -0.359 e. The lowest BCUT2D eigenvalue weighted by molar-refractivity contribution is -0.125. The minimum absolute atomic E-state index is 0.00463. The van der Waals surface area contributed by atoms with E-state index < -0.39 is 12.6 Å². The third kappa shape index (κ3) is 33.6. The predicted molar refractivity (Wildman–Crippen MR) is 165 cm³/mol. The maximum atomic E-state index is 11.6. The number of carbonyl (C=O) groups is 1. The molecular weight excluding hydrogens is 499 g/mol. The first-order valence-electron chi connectivity index (χ1n) is 14.1. The highest BCUT2D eigenvalue weighted by atomic mass is 19.4. The number of carbonyl (C=O) groups excluding carboxylic acids is 1. The maximum Gasteiger partial charge on any atom is 0.392 e. The van der Waals surface area contributed by atoms with Gasteiger partial charge in [-0.2, -0.15) is 13.2 Å². The first-order valence-corrected chi connectivity index (χ1v) is 14.1. The van der Waals surface area contributed by atoms with Gasteiger partial charge in [-0.1, -0.05) is 101 Å². The average molecular weight is 556 g/mol. The van der Waals surface area contributed by atoms with Gasteiger partial charge in [-0.3, -0.25) is 4.79 Å². The molecule has 0 aliphatic carbocycles. The highest BCUT2D eigenvalue weighted by Gasteiger charge is 2.24. The molecule has 1 fully saturated rings. The quantitative estimate of drug-likeness (QED) is 0.297. The number of halogens is 3. The van der Waals surface area contributed by atoms with Crippen LogP contribution in [0.1, 0.15) is 87.1 Å². The lowest BCUT2D eigenvalue weighted by atomic mass is 10.1. The fraction of sp³-hybridized carbons (Fsp3) is 0.594. The van der Waals surface area contributed by atoms with Gasteiger partial charge in [-0.15, -0.1) is 0 Å². The van der Waals surface area contributed by atoms with E-state index in [1.807, 2.05) is 19.9 Å². The average Bonchev–Trinajstić information content (AvgIpc) is 3.33. The molecule has 1 amide bonds. The van der Waals surface area contributed by atoms with Crippen LogP contribution in [0.3, 0.4) is 0 Å². The number of rotatable bonds is 7. The highest BCUT2D eigenvalue weighted by Crippen LogP contribution is 2.20. The van der Waals surface area contributed by atoms with E-state index in [1.165, 1.54) is 25.0 Å². The fourth-order valence-electron chi connectivity index (χ4n) is 2.92. The Bertz CT molecular complexity index is 773. The van der Waals surface area contributed by atoms with E-state index in [4.69, 9.17) is 0 Å². The minimum atomic E-state index is -4.08. The van der Waals surface area contributed by atoms with Crippen LogP contribution in [0.5, 0.6) is 0 Å². The molecule has 1 saturated heterocycles. The largest absolute Gasteiger partial charge is 0.392 e. The Morgan fingerprint density at radius 3 is 2.10 bits per heavy atom. The van der Waals surface area contributed by atoms with Gasteiger partial charge in [0.1, 0.15) is 0 Å². The number of amides is 1. The van der Waals surface area contributed by atoms with Crippen molar-refractivity contribution in [2.24, 2.45) is 5.92 Å². The SMILES string of the molecule is C/C=C\C(C)=C/CC(F)(F)F.CC.CC(C)CNC1CNC(C)C1.CC/C=C\c1ccccc1.CNC(C)=O. The molecule has 1 aliphatic rings. The number of nitrogens with one attached hydrogen (secondary N) is 3. The van der Waals surface area contributed by atoms with Crippen molar-refractivity contribution in [3.8, 4) is 0 Å². The zero-order chi connectivity index (χ0) is 30.7. The van der Waals surface area contributed by atoms with Gasteiger partial charge in [0, 0.05) is 32.6 Å². The predicted octanol–water partition coefficient (Wildman–Crippen LogP) is 8.33. The van der Waals surface area contributed by atoms with Gasteiger partial charge in [-0.25, -0.2) is 0 Å². The summed E-state index contributed by atoms with van der Waals surface area (Å²) in [4.78, 5) is 9.70. The summed E-state index contributed by atoms with van der Waals surface area (Å²) in [6.45, 7) is 20.1. The van der Waals surface area contributed by atoms with E-state index in [0.29, 0.717) is 17.7 Å². The number of alkyl halides is 3. The van der Waals surface area contributed by atoms with Crippen molar-refractivity contribution in [2.75, 3.05) is 20.1 Å². The molecule has 3 N–H and O–H groups in total. The molecule has 1 aromatic carbocycles. The first kappa shape index (κ1) is 41.1. The lowest BCUT2D eigenvalue weighted by Gasteiger charge is -2.12. The molecular formula is C32H56F3N3O. The summed E-state index contributed by atoms with van der Waals surface area (Å²) in [5, 5.41) is 9.37. The molecule has 1 aliphatic heterocycles.